The summed E-state index contributed by atoms with van der Waals surface area (Å²) >= 11 is -2.22. The molecule has 1 unspecified atom stereocenters. The number of rotatable bonds is 5. The van der Waals surface area contributed by atoms with E-state index in [4.69, 9.17) is 4.55 Å². The zero-order chi connectivity index (χ0) is 19.7. The lowest BCUT2D eigenvalue weighted by molar-refractivity contribution is 0.570. The fraction of sp³-hybridized carbons (Fsp3) is 0. The summed E-state index contributed by atoms with van der Waals surface area (Å²) in [5.41, 5.74) is 0.832. The Kier molecular flexibility index (Phi) is 4.76. The van der Waals surface area contributed by atoms with Crippen molar-refractivity contribution in [1.29, 1.82) is 0 Å². The molecule has 8 heteroatoms. The van der Waals surface area contributed by atoms with Crippen molar-refractivity contribution in [2.24, 2.45) is 0 Å². The molecule has 0 aromatic heterocycles. The maximum Gasteiger partial charge on any atom is 0.261 e. The summed E-state index contributed by atoms with van der Waals surface area (Å²) in [6.07, 6.45) is 0. The van der Waals surface area contributed by atoms with Crippen LogP contribution in [0.15, 0.2) is 83.8 Å². The Morgan fingerprint density at radius 1 is 0.786 bits per heavy atom. The third-order valence-electron chi connectivity index (χ3n) is 4.36. The minimum Gasteiger partial charge on any atom is -0.289 e. The van der Waals surface area contributed by atoms with E-state index in [0.717, 1.165) is 21.5 Å². The second-order valence-electron chi connectivity index (χ2n) is 6.21. The molecule has 0 fully saturated rings. The molecule has 142 valence electrons. The molecule has 0 aliphatic carbocycles. The fourth-order valence-electron chi connectivity index (χ4n) is 3.06. The molecule has 0 amide bonds. The van der Waals surface area contributed by atoms with Gasteiger partial charge in [-0.3, -0.25) is 14.0 Å². The molecule has 4 aromatic rings. The first-order valence-electron chi connectivity index (χ1n) is 8.34. The Balaban J connectivity index is 1.72. The van der Waals surface area contributed by atoms with Gasteiger partial charge in [0.15, 0.2) is 0 Å². The van der Waals surface area contributed by atoms with E-state index in [0.29, 0.717) is 11.4 Å². The summed E-state index contributed by atoms with van der Waals surface area (Å²) in [5, 5.41) is 3.84. The Hall–Kier alpha value is -2.94. The van der Waals surface area contributed by atoms with Gasteiger partial charge in [0.1, 0.15) is 0 Å². The summed E-state index contributed by atoms with van der Waals surface area (Å²) in [6, 6.07) is 23.0. The molecule has 0 heterocycles. The molecule has 1 atom stereocenters. The highest BCUT2D eigenvalue weighted by atomic mass is 32.2. The fourth-order valence-corrected chi connectivity index (χ4v) is 4.48. The van der Waals surface area contributed by atoms with E-state index < -0.39 is 21.3 Å². The van der Waals surface area contributed by atoms with Crippen LogP contribution in [0.1, 0.15) is 0 Å². The van der Waals surface area contributed by atoms with Crippen LogP contribution in [0.3, 0.4) is 0 Å². The molecule has 3 N–H and O–H groups in total. The van der Waals surface area contributed by atoms with E-state index >= 15 is 0 Å². The number of fused-ring (bicyclic) bond motifs is 2. The van der Waals surface area contributed by atoms with Crippen LogP contribution < -0.4 is 9.44 Å². The standard InChI is InChI=1S/C20H16N2O4S2/c23-27(24)21-17-8-10-18(11-9-17)28(25,26)22-20-7-3-6-16-12-14-4-1-2-5-15(14)13-19(16)20/h1-13,21-22H,(H,23,24). The lowest BCUT2D eigenvalue weighted by Crippen LogP contribution is -2.13. The Morgan fingerprint density at radius 3 is 2.11 bits per heavy atom. The molecule has 0 radical (unpaired) electrons. The summed E-state index contributed by atoms with van der Waals surface area (Å²) in [5.74, 6) is 0. The van der Waals surface area contributed by atoms with Gasteiger partial charge in [-0.1, -0.05) is 36.4 Å². The average molecular weight is 412 g/mol. The first kappa shape index (κ1) is 18.4. The molecular formula is C20H16N2O4S2. The lowest BCUT2D eigenvalue weighted by Gasteiger charge is -2.12. The maximum absolute atomic E-state index is 12.8. The molecule has 0 aliphatic heterocycles. The van der Waals surface area contributed by atoms with Crippen molar-refractivity contribution >= 4 is 54.2 Å². The van der Waals surface area contributed by atoms with Crippen LogP contribution in [0.25, 0.3) is 21.5 Å². The second kappa shape index (κ2) is 7.23. The molecule has 0 saturated carbocycles. The van der Waals surface area contributed by atoms with E-state index in [-0.39, 0.29) is 4.90 Å². The predicted molar refractivity (Wildman–Crippen MR) is 113 cm³/mol. The van der Waals surface area contributed by atoms with Gasteiger partial charge in [0, 0.05) is 11.1 Å². The molecule has 0 saturated heterocycles. The minimum atomic E-state index is -3.82. The number of benzene rings is 4. The number of hydrogen-bond acceptors (Lipinski definition) is 3. The zero-order valence-corrected chi connectivity index (χ0v) is 16.1. The first-order valence-corrected chi connectivity index (χ1v) is 10.9. The lowest BCUT2D eigenvalue weighted by atomic mass is 10.0. The van der Waals surface area contributed by atoms with Gasteiger partial charge in [-0.25, -0.2) is 12.6 Å². The highest BCUT2D eigenvalue weighted by Crippen LogP contribution is 2.30. The highest BCUT2D eigenvalue weighted by Gasteiger charge is 2.16. The smallest absolute Gasteiger partial charge is 0.261 e. The van der Waals surface area contributed by atoms with Gasteiger partial charge >= 0.3 is 0 Å². The quantitative estimate of drug-likeness (QED) is 0.336. The van der Waals surface area contributed by atoms with Gasteiger partial charge in [0.05, 0.1) is 10.6 Å². The van der Waals surface area contributed by atoms with Gasteiger partial charge in [-0.05, 0) is 58.6 Å². The molecule has 0 spiro atoms. The number of hydrogen-bond donors (Lipinski definition) is 3. The highest BCUT2D eigenvalue weighted by molar-refractivity contribution is 7.92. The van der Waals surface area contributed by atoms with Crippen molar-refractivity contribution in [3.63, 3.8) is 0 Å². The van der Waals surface area contributed by atoms with Crippen LogP contribution in [-0.4, -0.2) is 17.2 Å². The summed E-state index contributed by atoms with van der Waals surface area (Å²) in [6.45, 7) is 0. The molecule has 6 nitrogen and oxygen atoms in total. The van der Waals surface area contributed by atoms with Gasteiger partial charge < -0.3 is 0 Å². The van der Waals surface area contributed by atoms with Crippen LogP contribution in [0.4, 0.5) is 11.4 Å². The maximum atomic E-state index is 12.8. The molecule has 4 aromatic carbocycles. The minimum absolute atomic E-state index is 0.0552. The molecular weight excluding hydrogens is 396 g/mol. The molecule has 0 aliphatic rings. The molecule has 28 heavy (non-hydrogen) atoms. The Labute approximate surface area is 164 Å². The largest absolute Gasteiger partial charge is 0.289 e. The van der Waals surface area contributed by atoms with Gasteiger partial charge in [0.2, 0.25) is 0 Å². The topological polar surface area (TPSA) is 95.5 Å². The first-order chi connectivity index (χ1) is 13.4. The molecule has 4 rings (SSSR count). The van der Waals surface area contributed by atoms with E-state index in [2.05, 4.69) is 9.44 Å². The number of sulfonamides is 1. The predicted octanol–water partition coefficient (Wildman–Crippen LogP) is 4.34. The van der Waals surface area contributed by atoms with Crippen LogP contribution in [0.5, 0.6) is 0 Å². The van der Waals surface area contributed by atoms with E-state index in [1.165, 1.54) is 24.3 Å². The molecule has 0 bridgehead atoms. The summed E-state index contributed by atoms with van der Waals surface area (Å²) in [7, 11) is -3.82. The SMILES string of the molecule is O=S(O)Nc1ccc(S(=O)(=O)Nc2cccc3cc4ccccc4cc23)cc1. The van der Waals surface area contributed by atoms with Crippen LogP contribution in [-0.2, 0) is 21.3 Å². The van der Waals surface area contributed by atoms with Gasteiger partial charge in [0.25, 0.3) is 21.3 Å². The van der Waals surface area contributed by atoms with Crippen molar-refractivity contribution in [3.8, 4) is 0 Å². The van der Waals surface area contributed by atoms with Crippen molar-refractivity contribution in [2.45, 2.75) is 4.90 Å². The van der Waals surface area contributed by atoms with Gasteiger partial charge in [-0.15, -0.1) is 0 Å². The van der Waals surface area contributed by atoms with Crippen molar-refractivity contribution in [1.82, 2.24) is 0 Å². The van der Waals surface area contributed by atoms with Crippen LogP contribution in [0.2, 0.25) is 0 Å². The van der Waals surface area contributed by atoms with Crippen LogP contribution >= 0.6 is 0 Å². The number of nitrogens with one attached hydrogen (secondary N) is 2. The number of anilines is 2. The summed E-state index contributed by atoms with van der Waals surface area (Å²) < 4.78 is 50.1. The zero-order valence-electron chi connectivity index (χ0n) is 14.5. The van der Waals surface area contributed by atoms with E-state index in [1.807, 2.05) is 42.5 Å². The van der Waals surface area contributed by atoms with Crippen molar-refractivity contribution in [2.75, 3.05) is 9.44 Å². The monoisotopic (exact) mass is 412 g/mol. The normalized spacial score (nSPS) is 12.8. The van der Waals surface area contributed by atoms with E-state index in [1.54, 1.807) is 12.1 Å². The van der Waals surface area contributed by atoms with Crippen molar-refractivity contribution < 1.29 is 17.2 Å². The van der Waals surface area contributed by atoms with E-state index in [9.17, 15) is 12.6 Å². The van der Waals surface area contributed by atoms with Gasteiger partial charge in [-0.2, -0.15) is 0 Å². The average Bonchev–Trinajstić information content (AvgIpc) is 2.66. The Bertz CT molecular complexity index is 1300. The third kappa shape index (κ3) is 3.70. The van der Waals surface area contributed by atoms with Crippen molar-refractivity contribution in [3.05, 3.63) is 78.9 Å². The summed E-state index contributed by atoms with van der Waals surface area (Å²) in [4.78, 5) is 0.0552. The Morgan fingerprint density at radius 2 is 1.43 bits per heavy atom. The second-order valence-corrected chi connectivity index (χ2v) is 8.59. The third-order valence-corrected chi connectivity index (χ3v) is 6.15. The van der Waals surface area contributed by atoms with Crippen LogP contribution in [0, 0.1) is 0 Å².